The molecule has 2 aromatic rings. The molecule has 1 aromatic heterocycles. The summed E-state index contributed by atoms with van der Waals surface area (Å²) in [6.45, 7) is 3.03. The van der Waals surface area contributed by atoms with Gasteiger partial charge in [-0.1, -0.05) is 12.1 Å². The minimum absolute atomic E-state index is 0.260. The minimum Gasteiger partial charge on any atom is -0.478 e. The van der Waals surface area contributed by atoms with Crippen molar-refractivity contribution in [3.8, 4) is 5.88 Å². The number of halogens is 2. The van der Waals surface area contributed by atoms with Gasteiger partial charge in [0.1, 0.15) is 5.82 Å². The molecule has 0 amide bonds. The van der Waals surface area contributed by atoms with Gasteiger partial charge in [0.2, 0.25) is 5.88 Å². The maximum absolute atomic E-state index is 13.3. The van der Waals surface area contributed by atoms with Crippen molar-refractivity contribution in [3.05, 3.63) is 52.4 Å². The predicted octanol–water partition coefficient (Wildman–Crippen LogP) is 3.99. The molecule has 0 saturated heterocycles. The Morgan fingerprint density at radius 1 is 1.32 bits per heavy atom. The van der Waals surface area contributed by atoms with E-state index in [4.69, 9.17) is 4.74 Å². The zero-order valence-corrected chi connectivity index (χ0v) is 12.1. The molecule has 0 aliphatic carbocycles. The maximum Gasteiger partial charge on any atom is 0.213 e. The van der Waals surface area contributed by atoms with E-state index in [2.05, 4.69) is 26.2 Å². The van der Waals surface area contributed by atoms with Crippen LogP contribution in [0, 0.1) is 5.82 Å². The van der Waals surface area contributed by atoms with Gasteiger partial charge in [0.25, 0.3) is 0 Å². The second-order valence-corrected chi connectivity index (χ2v) is 4.68. The number of hydrogen-bond acceptors (Lipinski definition) is 3. The lowest BCUT2D eigenvalue weighted by Gasteiger charge is -2.09. The summed E-state index contributed by atoms with van der Waals surface area (Å²) in [5, 5.41) is 3.18. The standard InChI is InChI=1S/C14H14BrFN2O/c1-2-19-13-7-6-11(9-18-13)17-8-10-4-3-5-12(16)14(10)15/h3-7,9,17H,2,8H2,1H3. The Kier molecular flexibility index (Phi) is 4.74. The normalized spacial score (nSPS) is 10.3. The van der Waals surface area contributed by atoms with Gasteiger partial charge in [-0.3, -0.25) is 0 Å². The molecule has 1 heterocycles. The summed E-state index contributed by atoms with van der Waals surface area (Å²) in [6, 6.07) is 8.65. The Labute approximate surface area is 119 Å². The fraction of sp³-hybridized carbons (Fsp3) is 0.214. The monoisotopic (exact) mass is 324 g/mol. The van der Waals surface area contributed by atoms with Crippen molar-refractivity contribution in [2.75, 3.05) is 11.9 Å². The van der Waals surface area contributed by atoms with Crippen LogP contribution in [0.4, 0.5) is 10.1 Å². The molecule has 19 heavy (non-hydrogen) atoms. The van der Waals surface area contributed by atoms with Crippen LogP contribution in [0.1, 0.15) is 12.5 Å². The maximum atomic E-state index is 13.3. The second-order valence-electron chi connectivity index (χ2n) is 3.88. The van der Waals surface area contributed by atoms with Crippen LogP contribution in [0.2, 0.25) is 0 Å². The lowest BCUT2D eigenvalue weighted by Crippen LogP contribution is -2.02. The zero-order valence-electron chi connectivity index (χ0n) is 10.5. The highest BCUT2D eigenvalue weighted by Crippen LogP contribution is 2.21. The number of anilines is 1. The summed E-state index contributed by atoms with van der Waals surface area (Å²) in [5.41, 5.74) is 1.72. The molecule has 0 aliphatic rings. The average Bonchev–Trinajstić information content (AvgIpc) is 2.42. The van der Waals surface area contributed by atoms with E-state index in [1.807, 2.05) is 19.1 Å². The van der Waals surface area contributed by atoms with Gasteiger partial charge in [0.15, 0.2) is 0 Å². The SMILES string of the molecule is CCOc1ccc(NCc2cccc(F)c2Br)cn1. The van der Waals surface area contributed by atoms with Crippen LogP contribution < -0.4 is 10.1 Å². The number of pyridine rings is 1. The number of nitrogens with zero attached hydrogens (tertiary/aromatic N) is 1. The van der Waals surface area contributed by atoms with E-state index in [0.717, 1.165) is 11.3 Å². The fourth-order valence-corrected chi connectivity index (χ4v) is 2.00. The van der Waals surface area contributed by atoms with Crippen molar-refractivity contribution in [1.82, 2.24) is 4.98 Å². The number of nitrogens with one attached hydrogen (secondary N) is 1. The molecule has 0 bridgehead atoms. The zero-order chi connectivity index (χ0) is 13.7. The molecule has 0 spiro atoms. The average molecular weight is 325 g/mol. The van der Waals surface area contributed by atoms with Crippen LogP contribution in [-0.2, 0) is 6.54 Å². The van der Waals surface area contributed by atoms with Crippen LogP contribution in [0.5, 0.6) is 5.88 Å². The molecule has 1 N–H and O–H groups in total. The lowest BCUT2D eigenvalue weighted by atomic mass is 10.2. The van der Waals surface area contributed by atoms with Gasteiger partial charge < -0.3 is 10.1 Å². The summed E-state index contributed by atoms with van der Waals surface area (Å²) in [5.74, 6) is 0.337. The first-order valence-corrected chi connectivity index (χ1v) is 6.75. The van der Waals surface area contributed by atoms with Gasteiger partial charge in [-0.25, -0.2) is 9.37 Å². The molecule has 0 unspecified atom stereocenters. The fourth-order valence-electron chi connectivity index (χ4n) is 1.60. The molecule has 2 rings (SSSR count). The number of rotatable bonds is 5. The molecule has 100 valence electrons. The van der Waals surface area contributed by atoms with Gasteiger partial charge in [0, 0.05) is 12.6 Å². The third kappa shape index (κ3) is 3.67. The number of ether oxygens (including phenoxy) is 1. The molecule has 0 aliphatic heterocycles. The van der Waals surface area contributed by atoms with Crippen LogP contribution in [0.3, 0.4) is 0 Å². The van der Waals surface area contributed by atoms with Crippen molar-refractivity contribution in [3.63, 3.8) is 0 Å². The Bertz CT molecular complexity index is 546. The molecule has 0 atom stereocenters. The van der Waals surface area contributed by atoms with E-state index in [1.165, 1.54) is 6.07 Å². The van der Waals surface area contributed by atoms with E-state index in [1.54, 1.807) is 18.3 Å². The van der Waals surface area contributed by atoms with E-state index >= 15 is 0 Å². The molecular formula is C14H14BrFN2O. The summed E-state index contributed by atoms with van der Waals surface area (Å²) < 4.78 is 19.1. The topological polar surface area (TPSA) is 34.1 Å². The van der Waals surface area contributed by atoms with Crippen molar-refractivity contribution in [1.29, 1.82) is 0 Å². The van der Waals surface area contributed by atoms with Crippen LogP contribution in [-0.4, -0.2) is 11.6 Å². The third-order valence-electron chi connectivity index (χ3n) is 2.54. The summed E-state index contributed by atoms with van der Waals surface area (Å²) in [7, 11) is 0. The van der Waals surface area contributed by atoms with Gasteiger partial charge in [-0.05, 0) is 40.5 Å². The predicted molar refractivity (Wildman–Crippen MR) is 76.8 cm³/mol. The first-order valence-electron chi connectivity index (χ1n) is 5.96. The number of benzene rings is 1. The summed E-state index contributed by atoms with van der Waals surface area (Å²) in [4.78, 5) is 4.15. The van der Waals surface area contributed by atoms with Gasteiger partial charge >= 0.3 is 0 Å². The quantitative estimate of drug-likeness (QED) is 0.902. The van der Waals surface area contributed by atoms with E-state index in [9.17, 15) is 4.39 Å². The van der Waals surface area contributed by atoms with Crippen LogP contribution in [0.15, 0.2) is 41.0 Å². The Balaban J connectivity index is 2.00. The summed E-state index contributed by atoms with van der Waals surface area (Å²) >= 11 is 3.24. The van der Waals surface area contributed by atoms with Gasteiger partial charge in [0.05, 0.1) is 23.0 Å². The largest absolute Gasteiger partial charge is 0.478 e. The smallest absolute Gasteiger partial charge is 0.213 e. The van der Waals surface area contributed by atoms with Crippen molar-refractivity contribution in [2.24, 2.45) is 0 Å². The van der Waals surface area contributed by atoms with E-state index < -0.39 is 0 Å². The van der Waals surface area contributed by atoms with E-state index in [0.29, 0.717) is 23.5 Å². The van der Waals surface area contributed by atoms with Gasteiger partial charge in [-0.2, -0.15) is 0 Å². The molecule has 5 heteroatoms. The van der Waals surface area contributed by atoms with Crippen LogP contribution in [0.25, 0.3) is 0 Å². The molecular weight excluding hydrogens is 311 g/mol. The first-order chi connectivity index (χ1) is 9.20. The van der Waals surface area contributed by atoms with Gasteiger partial charge in [-0.15, -0.1) is 0 Å². The van der Waals surface area contributed by atoms with Crippen molar-refractivity contribution < 1.29 is 9.13 Å². The Morgan fingerprint density at radius 2 is 2.16 bits per heavy atom. The van der Waals surface area contributed by atoms with Crippen LogP contribution >= 0.6 is 15.9 Å². The highest BCUT2D eigenvalue weighted by Gasteiger charge is 2.04. The Morgan fingerprint density at radius 3 is 2.84 bits per heavy atom. The molecule has 0 saturated carbocycles. The minimum atomic E-state index is -0.260. The molecule has 0 fully saturated rings. The second kappa shape index (κ2) is 6.52. The lowest BCUT2D eigenvalue weighted by molar-refractivity contribution is 0.327. The summed E-state index contributed by atoms with van der Waals surface area (Å²) in [6.07, 6.45) is 1.69. The van der Waals surface area contributed by atoms with E-state index in [-0.39, 0.29) is 5.82 Å². The first kappa shape index (κ1) is 13.8. The third-order valence-corrected chi connectivity index (χ3v) is 3.43. The van der Waals surface area contributed by atoms with Crippen molar-refractivity contribution in [2.45, 2.75) is 13.5 Å². The molecule has 0 radical (unpaired) electrons. The molecule has 3 nitrogen and oxygen atoms in total. The Hall–Kier alpha value is -1.62. The molecule has 1 aromatic carbocycles. The highest BCUT2D eigenvalue weighted by molar-refractivity contribution is 9.10. The van der Waals surface area contributed by atoms with Crippen molar-refractivity contribution >= 4 is 21.6 Å². The highest BCUT2D eigenvalue weighted by atomic mass is 79.9. The number of hydrogen-bond donors (Lipinski definition) is 1. The number of aromatic nitrogens is 1.